The van der Waals surface area contributed by atoms with Gasteiger partial charge in [0.05, 0.1) is 19.1 Å². The second kappa shape index (κ2) is 7.39. The third-order valence-corrected chi connectivity index (χ3v) is 6.29. The van der Waals surface area contributed by atoms with Crippen LogP contribution in [0.15, 0.2) is 53.6 Å². The zero-order valence-electron chi connectivity index (χ0n) is 15.0. The average Bonchev–Trinajstić information content (AvgIpc) is 3.08. The highest BCUT2D eigenvalue weighted by Gasteiger charge is 2.22. The van der Waals surface area contributed by atoms with Crippen molar-refractivity contribution in [3.05, 3.63) is 54.2 Å². The molecule has 26 heavy (non-hydrogen) atoms. The fourth-order valence-corrected chi connectivity index (χ4v) is 4.08. The van der Waals surface area contributed by atoms with Crippen LogP contribution in [0, 0.1) is 0 Å². The quantitative estimate of drug-likeness (QED) is 0.690. The first-order valence-corrected chi connectivity index (χ1v) is 9.64. The van der Waals surface area contributed by atoms with E-state index in [0.717, 1.165) is 16.5 Å². The fourth-order valence-electron chi connectivity index (χ4n) is 2.89. The van der Waals surface area contributed by atoms with Gasteiger partial charge in [0.25, 0.3) is 0 Å². The van der Waals surface area contributed by atoms with Crippen LogP contribution in [0.2, 0.25) is 0 Å². The minimum atomic E-state index is -3.62. The number of hydrogen-bond acceptors (Lipinski definition) is 4. The van der Waals surface area contributed by atoms with Gasteiger partial charge in [-0.15, -0.1) is 0 Å². The minimum absolute atomic E-state index is 0.177. The number of nitrogens with one attached hydrogen (secondary N) is 1. The molecule has 138 valence electrons. The van der Waals surface area contributed by atoms with E-state index in [-0.39, 0.29) is 4.90 Å². The molecule has 0 unspecified atom stereocenters. The lowest BCUT2D eigenvalue weighted by atomic mass is 10.1. The zero-order valence-corrected chi connectivity index (χ0v) is 15.8. The Morgan fingerprint density at radius 2 is 1.77 bits per heavy atom. The first-order chi connectivity index (χ1) is 12.5. The van der Waals surface area contributed by atoms with Gasteiger partial charge in [-0.3, -0.25) is 0 Å². The summed E-state index contributed by atoms with van der Waals surface area (Å²) in [4.78, 5) is 3.39. The molecule has 0 amide bonds. The largest absolute Gasteiger partial charge is 0.493 e. The smallest absolute Gasteiger partial charge is 0.242 e. The van der Waals surface area contributed by atoms with Gasteiger partial charge in [0.1, 0.15) is 0 Å². The van der Waals surface area contributed by atoms with E-state index in [2.05, 4.69) is 4.98 Å². The molecule has 0 radical (unpaired) electrons. The highest BCUT2D eigenvalue weighted by Crippen LogP contribution is 2.30. The number of aromatic amines is 1. The highest BCUT2D eigenvalue weighted by atomic mass is 32.2. The summed E-state index contributed by atoms with van der Waals surface area (Å²) in [7, 11) is 0.963. The Labute approximate surface area is 153 Å². The van der Waals surface area contributed by atoms with E-state index < -0.39 is 10.0 Å². The van der Waals surface area contributed by atoms with Crippen LogP contribution in [0.4, 0.5) is 0 Å². The Morgan fingerprint density at radius 3 is 2.50 bits per heavy atom. The molecule has 1 N–H and O–H groups in total. The number of sulfonamides is 1. The van der Waals surface area contributed by atoms with Crippen LogP contribution in [0.25, 0.3) is 10.9 Å². The van der Waals surface area contributed by atoms with E-state index in [9.17, 15) is 8.42 Å². The summed E-state index contributed by atoms with van der Waals surface area (Å²) < 4.78 is 37.4. The Hall–Kier alpha value is -2.51. The lowest BCUT2D eigenvalue weighted by Gasteiger charge is -2.18. The highest BCUT2D eigenvalue weighted by molar-refractivity contribution is 7.89. The third-order valence-electron chi connectivity index (χ3n) is 4.43. The molecule has 0 aliphatic carbocycles. The maximum atomic E-state index is 12.8. The summed E-state index contributed by atoms with van der Waals surface area (Å²) in [6.07, 6.45) is 2.55. The molecule has 1 heterocycles. The van der Waals surface area contributed by atoms with Crippen molar-refractivity contribution in [2.45, 2.75) is 11.3 Å². The van der Waals surface area contributed by atoms with E-state index in [1.807, 2.05) is 30.5 Å². The Kier molecular flexibility index (Phi) is 5.20. The molecule has 0 saturated carbocycles. The number of nitrogens with zero attached hydrogens (tertiary/aromatic N) is 1. The van der Waals surface area contributed by atoms with Crippen LogP contribution < -0.4 is 9.47 Å². The lowest BCUT2D eigenvalue weighted by molar-refractivity contribution is 0.353. The molecular weight excluding hydrogens is 352 g/mol. The molecule has 0 spiro atoms. The van der Waals surface area contributed by atoms with E-state index >= 15 is 0 Å². The fraction of sp³-hybridized carbons (Fsp3) is 0.263. The van der Waals surface area contributed by atoms with E-state index in [4.69, 9.17) is 9.47 Å². The standard InChI is InChI=1S/C19H22N2O4S/c1-21(11-10-14-13-20-17-7-5-4-6-16(14)17)26(22,23)15-8-9-18(24-2)19(12-15)25-3/h4-9,12-13,20H,10-11H2,1-3H3. The summed E-state index contributed by atoms with van der Waals surface area (Å²) in [5.74, 6) is 0.881. The van der Waals surface area contributed by atoms with Crippen molar-refractivity contribution in [3.8, 4) is 11.5 Å². The Balaban J connectivity index is 1.79. The summed E-state index contributed by atoms with van der Waals surface area (Å²) >= 11 is 0. The van der Waals surface area contributed by atoms with Crippen molar-refractivity contribution in [2.24, 2.45) is 0 Å². The average molecular weight is 374 g/mol. The van der Waals surface area contributed by atoms with Gasteiger partial charge in [-0.2, -0.15) is 0 Å². The monoisotopic (exact) mass is 374 g/mol. The molecular formula is C19H22N2O4S. The van der Waals surface area contributed by atoms with Gasteiger partial charge in [0.2, 0.25) is 10.0 Å². The van der Waals surface area contributed by atoms with Crippen LogP contribution in [-0.4, -0.2) is 45.5 Å². The van der Waals surface area contributed by atoms with Gasteiger partial charge < -0.3 is 14.5 Å². The summed E-state index contributed by atoms with van der Waals surface area (Å²) in [5, 5.41) is 1.12. The van der Waals surface area contributed by atoms with E-state index in [1.165, 1.54) is 30.7 Å². The molecule has 0 aliphatic heterocycles. The van der Waals surface area contributed by atoms with Gasteiger partial charge in [-0.25, -0.2) is 12.7 Å². The molecule has 0 saturated heterocycles. The summed E-state index contributed by atoms with van der Waals surface area (Å²) in [5.41, 5.74) is 2.14. The number of fused-ring (bicyclic) bond motifs is 1. The van der Waals surface area contributed by atoms with Crippen molar-refractivity contribution >= 4 is 20.9 Å². The Bertz CT molecular complexity index is 1010. The number of H-pyrrole nitrogens is 1. The van der Waals surface area contributed by atoms with Crippen molar-refractivity contribution < 1.29 is 17.9 Å². The van der Waals surface area contributed by atoms with E-state index in [1.54, 1.807) is 13.1 Å². The first kappa shape index (κ1) is 18.3. The maximum absolute atomic E-state index is 12.8. The predicted octanol–water partition coefficient (Wildman–Crippen LogP) is 3.05. The Morgan fingerprint density at radius 1 is 1.04 bits per heavy atom. The molecule has 0 atom stereocenters. The topological polar surface area (TPSA) is 71.6 Å². The number of benzene rings is 2. The van der Waals surface area contributed by atoms with Gasteiger partial charge in [0, 0.05) is 36.8 Å². The summed E-state index contributed by atoms with van der Waals surface area (Å²) in [6, 6.07) is 12.6. The first-order valence-electron chi connectivity index (χ1n) is 8.20. The second-order valence-corrected chi connectivity index (χ2v) is 8.00. The predicted molar refractivity (Wildman–Crippen MR) is 101 cm³/mol. The number of rotatable bonds is 7. The molecule has 6 nitrogen and oxygen atoms in total. The van der Waals surface area contributed by atoms with Crippen LogP contribution in [0.1, 0.15) is 5.56 Å². The molecule has 0 bridgehead atoms. The SMILES string of the molecule is COc1ccc(S(=O)(=O)N(C)CCc2c[nH]c3ccccc23)cc1OC. The lowest BCUT2D eigenvalue weighted by Crippen LogP contribution is -2.29. The normalized spacial score (nSPS) is 11.8. The van der Waals surface area contributed by atoms with Crippen LogP contribution in [0.5, 0.6) is 11.5 Å². The van der Waals surface area contributed by atoms with Gasteiger partial charge in [0.15, 0.2) is 11.5 Å². The number of hydrogen-bond donors (Lipinski definition) is 1. The summed E-state index contributed by atoms with van der Waals surface area (Å²) in [6.45, 7) is 0.374. The number of para-hydroxylation sites is 1. The molecule has 0 aliphatic rings. The van der Waals surface area contributed by atoms with Crippen molar-refractivity contribution in [3.63, 3.8) is 0 Å². The van der Waals surface area contributed by atoms with Crippen LogP contribution in [0.3, 0.4) is 0 Å². The van der Waals surface area contributed by atoms with Crippen molar-refractivity contribution in [1.29, 1.82) is 0 Å². The van der Waals surface area contributed by atoms with Crippen LogP contribution >= 0.6 is 0 Å². The van der Waals surface area contributed by atoms with Crippen LogP contribution in [-0.2, 0) is 16.4 Å². The number of likely N-dealkylation sites (N-methyl/N-ethyl adjacent to an activating group) is 1. The van der Waals surface area contributed by atoms with Crippen molar-refractivity contribution in [2.75, 3.05) is 27.8 Å². The van der Waals surface area contributed by atoms with Gasteiger partial charge in [-0.1, -0.05) is 18.2 Å². The van der Waals surface area contributed by atoms with E-state index in [0.29, 0.717) is 24.5 Å². The maximum Gasteiger partial charge on any atom is 0.242 e. The number of ether oxygens (including phenoxy) is 2. The number of methoxy groups -OCH3 is 2. The van der Waals surface area contributed by atoms with Gasteiger partial charge in [-0.05, 0) is 30.2 Å². The molecule has 3 rings (SSSR count). The zero-order chi connectivity index (χ0) is 18.7. The molecule has 3 aromatic rings. The molecule has 7 heteroatoms. The molecule has 1 aromatic heterocycles. The van der Waals surface area contributed by atoms with Crippen molar-refractivity contribution in [1.82, 2.24) is 9.29 Å². The number of aromatic nitrogens is 1. The minimum Gasteiger partial charge on any atom is -0.493 e. The third kappa shape index (κ3) is 3.40. The molecule has 2 aromatic carbocycles. The molecule has 0 fully saturated rings. The van der Waals surface area contributed by atoms with Gasteiger partial charge >= 0.3 is 0 Å². The second-order valence-electron chi connectivity index (χ2n) is 5.95.